The lowest BCUT2D eigenvalue weighted by Gasteiger charge is -2.03. The van der Waals surface area contributed by atoms with Crippen LogP contribution in [0.2, 0.25) is 0 Å². The van der Waals surface area contributed by atoms with Crippen LogP contribution in [0.25, 0.3) is 0 Å². The van der Waals surface area contributed by atoms with Crippen molar-refractivity contribution in [2.45, 2.75) is 6.42 Å². The largest absolute Gasteiger partial charge is 0.381 e. The zero-order valence-corrected chi connectivity index (χ0v) is 5.96. The number of nitrogens with one attached hydrogen (secondary N) is 2. The number of hydrogen-bond acceptors (Lipinski definition) is 4. The molecule has 0 aromatic rings. The van der Waals surface area contributed by atoms with Crippen LogP contribution in [0.4, 0.5) is 0 Å². The van der Waals surface area contributed by atoms with E-state index in [2.05, 4.69) is 15.8 Å². The van der Waals surface area contributed by atoms with Crippen LogP contribution in [-0.2, 0) is 9.53 Å². The highest BCUT2D eigenvalue weighted by atomic mass is 16.5. The van der Waals surface area contributed by atoms with Crippen molar-refractivity contribution >= 4 is 11.9 Å². The average molecular weight is 155 g/mol. The first-order valence-electron chi connectivity index (χ1n) is 3.58. The van der Waals surface area contributed by atoms with Gasteiger partial charge in [0, 0.05) is 6.61 Å². The molecule has 2 aliphatic rings. The molecular weight excluding hydrogens is 146 g/mol. The third-order valence-electron chi connectivity index (χ3n) is 1.77. The number of amides is 1. The average Bonchev–Trinajstić information content (AvgIpc) is 2.67. The molecular formula is C6H9N3O2. The molecule has 2 N–H and O–H groups in total. The van der Waals surface area contributed by atoms with Crippen molar-refractivity contribution in [1.29, 1.82) is 0 Å². The fraction of sp³-hybridized carbons (Fsp3) is 0.667. The minimum atomic E-state index is 0.00579. The Kier molecular flexibility index (Phi) is 1.50. The molecule has 0 aromatic heterocycles. The first kappa shape index (κ1) is 6.60. The summed E-state index contributed by atoms with van der Waals surface area (Å²) < 4.78 is 5.06. The van der Waals surface area contributed by atoms with Gasteiger partial charge < -0.3 is 4.74 Å². The van der Waals surface area contributed by atoms with E-state index in [1.54, 1.807) is 0 Å². The number of hydrogen-bond donors (Lipinski definition) is 2. The predicted molar refractivity (Wildman–Crippen MR) is 37.6 cm³/mol. The molecule has 1 fully saturated rings. The third-order valence-corrected chi connectivity index (χ3v) is 1.77. The van der Waals surface area contributed by atoms with Crippen LogP contribution in [0.1, 0.15) is 6.42 Å². The van der Waals surface area contributed by atoms with Gasteiger partial charge in [-0.15, -0.1) is 5.10 Å². The molecule has 1 amide bonds. The molecule has 2 aliphatic heterocycles. The normalized spacial score (nSPS) is 27.3. The summed E-state index contributed by atoms with van der Waals surface area (Å²) in [5.74, 6) is 0.591. The highest BCUT2D eigenvalue weighted by molar-refractivity contribution is 6.02. The van der Waals surface area contributed by atoms with Crippen LogP contribution in [0.15, 0.2) is 5.10 Å². The third kappa shape index (κ3) is 1.48. The van der Waals surface area contributed by atoms with Gasteiger partial charge in [0.15, 0.2) is 0 Å². The van der Waals surface area contributed by atoms with E-state index < -0.39 is 0 Å². The van der Waals surface area contributed by atoms with Gasteiger partial charge in [-0.25, -0.2) is 5.43 Å². The molecule has 2 heterocycles. The van der Waals surface area contributed by atoms with Gasteiger partial charge in [0.2, 0.25) is 11.9 Å². The summed E-state index contributed by atoms with van der Waals surface area (Å²) in [7, 11) is 0. The molecule has 1 unspecified atom stereocenters. The lowest BCUT2D eigenvalue weighted by Crippen LogP contribution is -2.34. The Labute approximate surface area is 63.8 Å². The molecule has 0 radical (unpaired) electrons. The predicted octanol–water partition coefficient (Wildman–Crippen LogP) is -0.987. The maximum absolute atomic E-state index is 11.2. The number of hydrazone groups is 1. The van der Waals surface area contributed by atoms with Gasteiger partial charge in [-0.05, 0) is 6.42 Å². The van der Waals surface area contributed by atoms with Gasteiger partial charge in [0.1, 0.15) is 0 Å². The van der Waals surface area contributed by atoms with Crippen molar-refractivity contribution in [3.8, 4) is 0 Å². The smallest absolute Gasteiger partial charge is 0.241 e. The zero-order chi connectivity index (χ0) is 7.68. The number of rotatable bonds is 1. The molecule has 2 rings (SSSR count). The molecule has 1 atom stereocenters. The molecule has 1 saturated heterocycles. The van der Waals surface area contributed by atoms with E-state index in [4.69, 9.17) is 4.74 Å². The Morgan fingerprint density at radius 3 is 3.18 bits per heavy atom. The van der Waals surface area contributed by atoms with Crippen LogP contribution in [0.5, 0.6) is 0 Å². The summed E-state index contributed by atoms with van der Waals surface area (Å²) in [6.45, 7) is 1.23. The van der Waals surface area contributed by atoms with Gasteiger partial charge >= 0.3 is 0 Å². The Morgan fingerprint density at radius 2 is 2.64 bits per heavy atom. The molecule has 0 aliphatic carbocycles. The van der Waals surface area contributed by atoms with E-state index in [1.807, 2.05) is 0 Å². The van der Waals surface area contributed by atoms with Crippen LogP contribution >= 0.6 is 0 Å². The van der Waals surface area contributed by atoms with Gasteiger partial charge in [-0.1, -0.05) is 0 Å². The van der Waals surface area contributed by atoms with Gasteiger partial charge in [-0.3, -0.25) is 10.1 Å². The molecule has 0 bridgehead atoms. The molecule has 60 valence electrons. The van der Waals surface area contributed by atoms with Crippen molar-refractivity contribution < 1.29 is 9.53 Å². The second-order valence-corrected chi connectivity index (χ2v) is 2.62. The molecule has 0 aromatic carbocycles. The quantitative estimate of drug-likeness (QED) is 0.511. The Hall–Kier alpha value is -1.10. The SMILES string of the molecule is O=C(NC1=NN1)C1CCOC1. The van der Waals surface area contributed by atoms with E-state index in [9.17, 15) is 4.79 Å². The van der Waals surface area contributed by atoms with E-state index in [0.717, 1.165) is 6.42 Å². The van der Waals surface area contributed by atoms with Gasteiger partial charge in [-0.2, -0.15) is 0 Å². The minimum Gasteiger partial charge on any atom is -0.381 e. The van der Waals surface area contributed by atoms with Crippen molar-refractivity contribution in [3.63, 3.8) is 0 Å². The number of nitrogens with zero attached hydrogens (tertiary/aromatic N) is 1. The standard InChI is InChI=1S/C6H9N3O2/c10-5(7-6-8-9-6)4-1-2-11-3-4/h4H,1-3H2,(H2,7,8,9,10). The number of carbonyl (C=O) groups is 1. The first-order chi connectivity index (χ1) is 5.36. The van der Waals surface area contributed by atoms with E-state index in [-0.39, 0.29) is 11.8 Å². The molecule has 0 spiro atoms. The van der Waals surface area contributed by atoms with Crippen molar-refractivity contribution in [2.75, 3.05) is 13.2 Å². The van der Waals surface area contributed by atoms with E-state index in [0.29, 0.717) is 19.2 Å². The molecule has 5 nitrogen and oxygen atoms in total. The van der Waals surface area contributed by atoms with E-state index >= 15 is 0 Å². The highest BCUT2D eigenvalue weighted by Crippen LogP contribution is 2.11. The summed E-state index contributed by atoms with van der Waals surface area (Å²) in [6.07, 6.45) is 0.819. The zero-order valence-electron chi connectivity index (χ0n) is 5.96. The monoisotopic (exact) mass is 155 g/mol. The van der Waals surface area contributed by atoms with Crippen molar-refractivity contribution in [2.24, 2.45) is 11.0 Å². The number of guanidine groups is 1. The highest BCUT2D eigenvalue weighted by Gasteiger charge is 2.25. The van der Waals surface area contributed by atoms with Crippen LogP contribution in [-0.4, -0.2) is 25.1 Å². The van der Waals surface area contributed by atoms with Crippen LogP contribution < -0.4 is 10.7 Å². The molecule has 11 heavy (non-hydrogen) atoms. The van der Waals surface area contributed by atoms with Crippen LogP contribution in [0.3, 0.4) is 0 Å². The topological polar surface area (TPSA) is 72.6 Å². The van der Waals surface area contributed by atoms with Crippen molar-refractivity contribution in [1.82, 2.24) is 10.7 Å². The minimum absolute atomic E-state index is 0.00579. The summed E-state index contributed by atoms with van der Waals surface area (Å²) in [5.41, 5.74) is 2.56. The molecule has 0 saturated carbocycles. The number of ether oxygens (including phenoxy) is 1. The second kappa shape index (κ2) is 2.50. The Bertz CT molecular complexity index is 208. The van der Waals surface area contributed by atoms with Crippen molar-refractivity contribution in [3.05, 3.63) is 0 Å². The lowest BCUT2D eigenvalue weighted by atomic mass is 10.1. The molecule has 5 heteroatoms. The summed E-state index contributed by atoms with van der Waals surface area (Å²) in [4.78, 5) is 11.2. The fourth-order valence-electron chi connectivity index (χ4n) is 1.04. The maximum atomic E-state index is 11.2. The van der Waals surface area contributed by atoms with Gasteiger partial charge in [0.05, 0.1) is 12.5 Å². The lowest BCUT2D eigenvalue weighted by molar-refractivity contribution is -0.123. The van der Waals surface area contributed by atoms with Gasteiger partial charge in [0.25, 0.3) is 0 Å². The Balaban J connectivity index is 1.82. The van der Waals surface area contributed by atoms with E-state index in [1.165, 1.54) is 0 Å². The maximum Gasteiger partial charge on any atom is 0.241 e. The first-order valence-corrected chi connectivity index (χ1v) is 3.58. The van der Waals surface area contributed by atoms with Crippen LogP contribution in [0, 0.1) is 5.92 Å². The summed E-state index contributed by atoms with van der Waals surface area (Å²) in [6, 6.07) is 0. The Morgan fingerprint density at radius 1 is 1.82 bits per heavy atom. The summed E-state index contributed by atoms with van der Waals surface area (Å²) >= 11 is 0. The second-order valence-electron chi connectivity index (χ2n) is 2.62. The summed E-state index contributed by atoms with van der Waals surface area (Å²) in [5, 5.41) is 6.22. The fourth-order valence-corrected chi connectivity index (χ4v) is 1.04. The number of carbonyl (C=O) groups excluding carboxylic acids is 1.